The number of esters is 3. The third-order valence-corrected chi connectivity index (χ3v) is 4.64. The quantitative estimate of drug-likeness (QED) is 0.587. The molecule has 29 heavy (non-hydrogen) atoms. The fourth-order valence-corrected chi connectivity index (χ4v) is 3.61. The predicted octanol–water partition coefficient (Wildman–Crippen LogP) is 1.42. The van der Waals surface area contributed by atoms with Gasteiger partial charge in [0, 0.05) is 38.9 Å². The Morgan fingerprint density at radius 2 is 1.66 bits per heavy atom. The SMILES string of the molecule is CC(=O)O[C@H]1[C@H](OC(C)=O)COC(n2cc(CN)c3ccccc32)[C@@H]1OC(C)=O. The molecule has 0 spiro atoms. The molecule has 2 aromatic rings. The molecule has 1 aliphatic heterocycles. The number of carbonyl (C=O) groups is 3. The van der Waals surface area contributed by atoms with Gasteiger partial charge >= 0.3 is 17.9 Å². The highest BCUT2D eigenvalue weighted by Crippen LogP contribution is 2.34. The summed E-state index contributed by atoms with van der Waals surface area (Å²) in [7, 11) is 0. The van der Waals surface area contributed by atoms with E-state index in [9.17, 15) is 14.4 Å². The van der Waals surface area contributed by atoms with E-state index in [0.29, 0.717) is 6.54 Å². The molecule has 4 atom stereocenters. The van der Waals surface area contributed by atoms with E-state index in [4.69, 9.17) is 24.7 Å². The van der Waals surface area contributed by atoms with Crippen LogP contribution in [0.5, 0.6) is 0 Å². The van der Waals surface area contributed by atoms with Gasteiger partial charge < -0.3 is 29.2 Å². The Morgan fingerprint density at radius 3 is 2.28 bits per heavy atom. The molecule has 0 saturated carbocycles. The number of fused-ring (bicyclic) bond motifs is 1. The van der Waals surface area contributed by atoms with Gasteiger partial charge in [0.25, 0.3) is 0 Å². The lowest BCUT2D eigenvalue weighted by Crippen LogP contribution is -2.55. The van der Waals surface area contributed by atoms with Crippen molar-refractivity contribution in [2.24, 2.45) is 5.73 Å². The van der Waals surface area contributed by atoms with Crippen LogP contribution in [0.15, 0.2) is 30.5 Å². The van der Waals surface area contributed by atoms with E-state index in [1.165, 1.54) is 20.8 Å². The van der Waals surface area contributed by atoms with Crippen LogP contribution in [-0.4, -0.2) is 47.4 Å². The molecular formula is C20H24N2O7. The molecule has 3 rings (SSSR count). The number of hydrogen-bond acceptors (Lipinski definition) is 8. The van der Waals surface area contributed by atoms with Crippen molar-refractivity contribution in [2.75, 3.05) is 6.61 Å². The maximum absolute atomic E-state index is 11.8. The Balaban J connectivity index is 2.07. The Morgan fingerprint density at radius 1 is 1.03 bits per heavy atom. The smallest absolute Gasteiger partial charge is 0.303 e. The molecule has 156 valence electrons. The minimum absolute atomic E-state index is 0.0373. The van der Waals surface area contributed by atoms with Gasteiger partial charge in [0.1, 0.15) is 0 Å². The summed E-state index contributed by atoms with van der Waals surface area (Å²) in [6, 6.07) is 7.59. The van der Waals surface area contributed by atoms with Crippen LogP contribution in [0, 0.1) is 0 Å². The molecule has 2 N–H and O–H groups in total. The van der Waals surface area contributed by atoms with Gasteiger partial charge in [-0.25, -0.2) is 0 Å². The fraction of sp³-hybridized carbons (Fsp3) is 0.450. The van der Waals surface area contributed by atoms with Gasteiger partial charge in [-0.1, -0.05) is 18.2 Å². The molecule has 0 radical (unpaired) electrons. The molecular weight excluding hydrogens is 380 g/mol. The molecule has 1 fully saturated rings. The Kier molecular flexibility index (Phi) is 6.19. The van der Waals surface area contributed by atoms with Crippen molar-refractivity contribution in [3.8, 4) is 0 Å². The first-order valence-electron chi connectivity index (χ1n) is 9.23. The van der Waals surface area contributed by atoms with Crippen LogP contribution in [0.25, 0.3) is 10.9 Å². The summed E-state index contributed by atoms with van der Waals surface area (Å²) in [5, 5.41) is 0.936. The van der Waals surface area contributed by atoms with Gasteiger partial charge in [0.2, 0.25) is 0 Å². The summed E-state index contributed by atoms with van der Waals surface area (Å²) in [6.07, 6.45) is -1.95. The van der Waals surface area contributed by atoms with Crippen LogP contribution < -0.4 is 5.73 Å². The zero-order valence-electron chi connectivity index (χ0n) is 16.5. The minimum atomic E-state index is -1.03. The molecule has 1 unspecified atom stereocenters. The van der Waals surface area contributed by atoms with Crippen LogP contribution in [0.2, 0.25) is 0 Å². The Hall–Kier alpha value is -2.91. The van der Waals surface area contributed by atoms with E-state index in [0.717, 1.165) is 16.5 Å². The normalized spacial score (nSPS) is 24.1. The van der Waals surface area contributed by atoms with E-state index in [-0.39, 0.29) is 6.61 Å². The highest BCUT2D eigenvalue weighted by molar-refractivity contribution is 5.84. The van der Waals surface area contributed by atoms with Crippen molar-refractivity contribution >= 4 is 28.8 Å². The number of nitrogens with zero attached hydrogens (tertiary/aromatic N) is 1. The fourth-order valence-electron chi connectivity index (χ4n) is 3.61. The van der Waals surface area contributed by atoms with Gasteiger partial charge in [-0.2, -0.15) is 0 Å². The first-order valence-corrected chi connectivity index (χ1v) is 9.23. The lowest BCUT2D eigenvalue weighted by molar-refractivity contribution is -0.239. The number of nitrogens with two attached hydrogens (primary N) is 1. The predicted molar refractivity (Wildman–Crippen MR) is 101 cm³/mol. The first-order chi connectivity index (χ1) is 13.8. The van der Waals surface area contributed by atoms with E-state index < -0.39 is 42.4 Å². The summed E-state index contributed by atoms with van der Waals surface area (Å²) in [4.78, 5) is 35.0. The number of aromatic nitrogens is 1. The maximum Gasteiger partial charge on any atom is 0.303 e. The van der Waals surface area contributed by atoms with Crippen molar-refractivity contribution in [2.45, 2.75) is 51.9 Å². The van der Waals surface area contributed by atoms with Crippen LogP contribution in [0.1, 0.15) is 32.6 Å². The Labute approximate surface area is 167 Å². The molecule has 9 heteroatoms. The van der Waals surface area contributed by atoms with Gasteiger partial charge in [-0.3, -0.25) is 14.4 Å². The Bertz CT molecular complexity index is 923. The third-order valence-electron chi connectivity index (χ3n) is 4.64. The van der Waals surface area contributed by atoms with Gasteiger partial charge in [0.15, 0.2) is 24.5 Å². The monoisotopic (exact) mass is 404 g/mol. The number of ether oxygens (including phenoxy) is 4. The second-order valence-electron chi connectivity index (χ2n) is 6.80. The van der Waals surface area contributed by atoms with Gasteiger partial charge in [-0.05, 0) is 11.6 Å². The third kappa shape index (κ3) is 4.41. The molecule has 2 heterocycles. The van der Waals surface area contributed by atoms with Gasteiger partial charge in [0.05, 0.1) is 12.1 Å². The van der Waals surface area contributed by atoms with E-state index >= 15 is 0 Å². The summed E-state index contributed by atoms with van der Waals surface area (Å²) in [5.74, 6) is -1.74. The summed E-state index contributed by atoms with van der Waals surface area (Å²) in [6.45, 7) is 3.99. The van der Waals surface area contributed by atoms with Gasteiger partial charge in [-0.15, -0.1) is 0 Å². The number of hydrogen-bond donors (Lipinski definition) is 1. The van der Waals surface area contributed by atoms with Crippen molar-refractivity contribution in [1.82, 2.24) is 4.57 Å². The number of benzene rings is 1. The summed E-state index contributed by atoms with van der Waals surface area (Å²) >= 11 is 0. The van der Waals surface area contributed by atoms with E-state index in [2.05, 4.69) is 0 Å². The lowest BCUT2D eigenvalue weighted by Gasteiger charge is -2.41. The number of carbonyl (C=O) groups excluding carboxylic acids is 3. The van der Waals surface area contributed by atoms with E-state index in [1.807, 2.05) is 30.5 Å². The number of para-hydroxylation sites is 1. The van der Waals surface area contributed by atoms with Crippen molar-refractivity contribution in [1.29, 1.82) is 0 Å². The van der Waals surface area contributed by atoms with E-state index in [1.54, 1.807) is 4.57 Å². The molecule has 1 aromatic heterocycles. The molecule has 9 nitrogen and oxygen atoms in total. The maximum atomic E-state index is 11.8. The van der Waals surface area contributed by atoms with Crippen LogP contribution in [0.3, 0.4) is 0 Å². The summed E-state index contributed by atoms with van der Waals surface area (Å²) in [5.41, 5.74) is 7.59. The van der Waals surface area contributed by atoms with Crippen molar-refractivity contribution in [3.05, 3.63) is 36.0 Å². The topological polar surface area (TPSA) is 119 Å². The molecule has 1 aliphatic rings. The largest absolute Gasteiger partial charge is 0.456 e. The highest BCUT2D eigenvalue weighted by atomic mass is 16.6. The average Bonchev–Trinajstić information content (AvgIpc) is 3.02. The number of rotatable bonds is 5. The molecule has 1 saturated heterocycles. The second kappa shape index (κ2) is 8.62. The van der Waals surface area contributed by atoms with Crippen LogP contribution >= 0.6 is 0 Å². The van der Waals surface area contributed by atoms with Crippen molar-refractivity contribution in [3.63, 3.8) is 0 Å². The molecule has 0 bridgehead atoms. The average molecular weight is 404 g/mol. The molecule has 0 amide bonds. The highest BCUT2D eigenvalue weighted by Gasteiger charge is 2.47. The van der Waals surface area contributed by atoms with Crippen LogP contribution in [-0.2, 0) is 39.9 Å². The van der Waals surface area contributed by atoms with Crippen LogP contribution in [0.4, 0.5) is 0 Å². The minimum Gasteiger partial charge on any atom is -0.456 e. The summed E-state index contributed by atoms with van der Waals surface area (Å²) < 4.78 is 23.9. The zero-order chi connectivity index (χ0) is 21.1. The lowest BCUT2D eigenvalue weighted by atomic mass is 10.0. The van der Waals surface area contributed by atoms with Crippen molar-refractivity contribution < 1.29 is 33.3 Å². The first kappa shape index (κ1) is 20.8. The second-order valence-corrected chi connectivity index (χ2v) is 6.80. The standard InChI is InChI=1S/C20H24N2O7/c1-11(23)27-17-10-26-20(19(29-13(3)25)18(17)28-12(2)24)22-9-14(8-21)15-6-4-5-7-16(15)22/h4-7,9,17-20H,8,10,21H2,1-3H3/t17-,18+,19-,20?/m1/s1. The molecule has 1 aromatic carbocycles. The zero-order valence-corrected chi connectivity index (χ0v) is 16.5. The molecule has 0 aliphatic carbocycles.